The minimum absolute atomic E-state index is 0.644. The van der Waals surface area contributed by atoms with Gasteiger partial charge in [-0.25, -0.2) is 0 Å². The lowest BCUT2D eigenvalue weighted by molar-refractivity contribution is 0.00228. The molecule has 15 heavy (non-hydrogen) atoms. The number of rotatable bonds is 4. The molecule has 1 unspecified atom stereocenters. The summed E-state index contributed by atoms with van der Waals surface area (Å²) >= 11 is 0. The molecule has 0 radical (unpaired) electrons. The summed E-state index contributed by atoms with van der Waals surface area (Å²) in [5.74, 6) is 0. The SMILES string of the molecule is NCCN(C1CCCC1)C1CCCOC1. The second kappa shape index (κ2) is 5.83. The Labute approximate surface area is 93.0 Å². The van der Waals surface area contributed by atoms with E-state index in [9.17, 15) is 0 Å². The number of ether oxygens (including phenoxy) is 1. The lowest BCUT2D eigenvalue weighted by Gasteiger charge is -2.38. The highest BCUT2D eigenvalue weighted by molar-refractivity contribution is 4.84. The van der Waals surface area contributed by atoms with Gasteiger partial charge in [0.1, 0.15) is 0 Å². The topological polar surface area (TPSA) is 38.5 Å². The number of hydrogen-bond donors (Lipinski definition) is 1. The van der Waals surface area contributed by atoms with Crippen molar-refractivity contribution in [3.8, 4) is 0 Å². The molecule has 2 N–H and O–H groups in total. The van der Waals surface area contributed by atoms with Gasteiger partial charge in [-0.15, -0.1) is 0 Å². The summed E-state index contributed by atoms with van der Waals surface area (Å²) in [6, 6.07) is 1.44. The van der Waals surface area contributed by atoms with Gasteiger partial charge in [-0.1, -0.05) is 12.8 Å². The van der Waals surface area contributed by atoms with Crippen LogP contribution in [0, 0.1) is 0 Å². The second-order valence-electron chi connectivity index (χ2n) is 4.84. The lowest BCUT2D eigenvalue weighted by Crippen LogP contribution is -2.48. The van der Waals surface area contributed by atoms with E-state index < -0.39 is 0 Å². The van der Waals surface area contributed by atoms with Gasteiger partial charge in [0.2, 0.25) is 0 Å². The fourth-order valence-electron chi connectivity index (χ4n) is 3.03. The first-order chi connectivity index (χ1) is 7.42. The Bertz CT molecular complexity index is 174. The Morgan fingerprint density at radius 2 is 1.80 bits per heavy atom. The molecule has 1 aliphatic heterocycles. The zero-order valence-electron chi connectivity index (χ0n) is 9.66. The van der Waals surface area contributed by atoms with E-state index in [1.165, 1.54) is 38.5 Å². The van der Waals surface area contributed by atoms with Crippen molar-refractivity contribution in [3.63, 3.8) is 0 Å². The van der Waals surface area contributed by atoms with E-state index in [0.717, 1.165) is 32.3 Å². The number of nitrogens with zero attached hydrogens (tertiary/aromatic N) is 1. The molecule has 1 atom stereocenters. The van der Waals surface area contributed by atoms with Gasteiger partial charge in [0.15, 0.2) is 0 Å². The van der Waals surface area contributed by atoms with Crippen LogP contribution in [0.2, 0.25) is 0 Å². The number of hydrogen-bond acceptors (Lipinski definition) is 3. The summed E-state index contributed by atoms with van der Waals surface area (Å²) in [6.07, 6.45) is 8.07. The summed E-state index contributed by atoms with van der Waals surface area (Å²) in [7, 11) is 0. The Kier molecular flexibility index (Phi) is 4.42. The molecule has 2 aliphatic rings. The van der Waals surface area contributed by atoms with Crippen molar-refractivity contribution in [3.05, 3.63) is 0 Å². The molecule has 0 aromatic carbocycles. The standard InChI is InChI=1S/C12H24N2O/c13-7-8-14(11-4-1-2-5-11)12-6-3-9-15-10-12/h11-12H,1-10,13H2. The van der Waals surface area contributed by atoms with Crippen LogP contribution in [0.15, 0.2) is 0 Å². The second-order valence-corrected chi connectivity index (χ2v) is 4.84. The fraction of sp³-hybridized carbons (Fsp3) is 1.00. The van der Waals surface area contributed by atoms with Gasteiger partial charge in [-0.2, -0.15) is 0 Å². The third-order valence-corrected chi connectivity index (χ3v) is 3.79. The van der Waals surface area contributed by atoms with Gasteiger partial charge in [0.25, 0.3) is 0 Å². The van der Waals surface area contributed by atoms with Crippen LogP contribution in [0.1, 0.15) is 38.5 Å². The Hall–Kier alpha value is -0.120. The molecule has 0 aromatic heterocycles. The molecule has 1 saturated heterocycles. The van der Waals surface area contributed by atoms with Gasteiger partial charge in [0, 0.05) is 31.8 Å². The van der Waals surface area contributed by atoms with Gasteiger partial charge in [-0.05, 0) is 25.7 Å². The highest BCUT2D eigenvalue weighted by atomic mass is 16.5. The zero-order chi connectivity index (χ0) is 10.5. The molecule has 2 rings (SSSR count). The van der Waals surface area contributed by atoms with Crippen LogP contribution in [-0.2, 0) is 4.74 Å². The van der Waals surface area contributed by atoms with Crippen LogP contribution >= 0.6 is 0 Å². The molecular formula is C12H24N2O. The average Bonchev–Trinajstić information content (AvgIpc) is 2.80. The molecule has 0 amide bonds. The maximum absolute atomic E-state index is 5.72. The van der Waals surface area contributed by atoms with E-state index in [4.69, 9.17) is 10.5 Å². The van der Waals surface area contributed by atoms with Crippen molar-refractivity contribution >= 4 is 0 Å². The molecule has 1 saturated carbocycles. The van der Waals surface area contributed by atoms with E-state index in [0.29, 0.717) is 6.04 Å². The van der Waals surface area contributed by atoms with Crippen molar-refractivity contribution in [2.75, 3.05) is 26.3 Å². The molecule has 88 valence electrons. The fourth-order valence-corrected chi connectivity index (χ4v) is 3.03. The third kappa shape index (κ3) is 2.92. The summed E-state index contributed by atoms with van der Waals surface area (Å²) in [5.41, 5.74) is 5.72. The Balaban J connectivity index is 1.90. The molecule has 0 bridgehead atoms. The van der Waals surface area contributed by atoms with Crippen molar-refractivity contribution in [2.45, 2.75) is 50.6 Å². The molecular weight excluding hydrogens is 188 g/mol. The van der Waals surface area contributed by atoms with Crippen molar-refractivity contribution in [1.29, 1.82) is 0 Å². The first-order valence-electron chi connectivity index (χ1n) is 6.45. The molecule has 0 spiro atoms. The first kappa shape index (κ1) is 11.4. The van der Waals surface area contributed by atoms with Crippen LogP contribution in [0.5, 0.6) is 0 Å². The maximum Gasteiger partial charge on any atom is 0.0621 e. The van der Waals surface area contributed by atoms with E-state index in [2.05, 4.69) is 4.90 Å². The normalized spacial score (nSPS) is 28.8. The minimum atomic E-state index is 0.644. The van der Waals surface area contributed by atoms with Gasteiger partial charge < -0.3 is 10.5 Å². The molecule has 3 nitrogen and oxygen atoms in total. The van der Waals surface area contributed by atoms with E-state index >= 15 is 0 Å². The number of nitrogens with two attached hydrogens (primary N) is 1. The van der Waals surface area contributed by atoms with E-state index in [1.54, 1.807) is 0 Å². The largest absolute Gasteiger partial charge is 0.380 e. The highest BCUT2D eigenvalue weighted by Crippen LogP contribution is 2.27. The summed E-state index contributed by atoms with van der Waals surface area (Å²) in [5, 5.41) is 0. The van der Waals surface area contributed by atoms with Gasteiger partial charge in [0.05, 0.1) is 6.61 Å². The Morgan fingerprint density at radius 3 is 2.40 bits per heavy atom. The Morgan fingerprint density at radius 1 is 1.07 bits per heavy atom. The minimum Gasteiger partial charge on any atom is -0.380 e. The summed E-state index contributed by atoms with van der Waals surface area (Å²) in [6.45, 7) is 3.72. The summed E-state index contributed by atoms with van der Waals surface area (Å²) < 4.78 is 5.59. The molecule has 2 fully saturated rings. The first-order valence-corrected chi connectivity index (χ1v) is 6.45. The van der Waals surface area contributed by atoms with Crippen LogP contribution in [0.25, 0.3) is 0 Å². The predicted octanol–water partition coefficient (Wildman–Crippen LogP) is 1.37. The monoisotopic (exact) mass is 212 g/mol. The summed E-state index contributed by atoms with van der Waals surface area (Å²) in [4.78, 5) is 2.63. The van der Waals surface area contributed by atoms with Crippen LogP contribution in [-0.4, -0.2) is 43.3 Å². The van der Waals surface area contributed by atoms with E-state index in [1.807, 2.05) is 0 Å². The molecule has 0 aromatic rings. The average molecular weight is 212 g/mol. The predicted molar refractivity (Wildman–Crippen MR) is 61.9 cm³/mol. The van der Waals surface area contributed by atoms with E-state index in [-0.39, 0.29) is 0 Å². The highest BCUT2D eigenvalue weighted by Gasteiger charge is 2.29. The van der Waals surface area contributed by atoms with Crippen LogP contribution in [0.3, 0.4) is 0 Å². The van der Waals surface area contributed by atoms with Gasteiger partial charge in [-0.3, -0.25) is 4.90 Å². The maximum atomic E-state index is 5.72. The lowest BCUT2D eigenvalue weighted by atomic mass is 10.0. The zero-order valence-corrected chi connectivity index (χ0v) is 9.66. The third-order valence-electron chi connectivity index (χ3n) is 3.79. The van der Waals surface area contributed by atoms with Crippen molar-refractivity contribution in [2.24, 2.45) is 5.73 Å². The molecule has 1 aliphatic carbocycles. The quantitative estimate of drug-likeness (QED) is 0.765. The van der Waals surface area contributed by atoms with Crippen molar-refractivity contribution in [1.82, 2.24) is 4.90 Å². The molecule has 1 heterocycles. The smallest absolute Gasteiger partial charge is 0.0621 e. The van der Waals surface area contributed by atoms with Gasteiger partial charge >= 0.3 is 0 Å². The molecule has 3 heteroatoms. The van der Waals surface area contributed by atoms with Crippen molar-refractivity contribution < 1.29 is 4.74 Å². The van der Waals surface area contributed by atoms with Crippen LogP contribution in [0.4, 0.5) is 0 Å². The van der Waals surface area contributed by atoms with Crippen LogP contribution < -0.4 is 5.73 Å².